The van der Waals surface area contributed by atoms with E-state index in [-0.39, 0.29) is 36.2 Å². The van der Waals surface area contributed by atoms with Crippen molar-refractivity contribution in [1.29, 1.82) is 0 Å². The molecule has 2 aromatic carbocycles. The molecule has 35 heavy (non-hydrogen) atoms. The molecule has 1 aliphatic heterocycles. The molecule has 2 aliphatic rings. The highest BCUT2D eigenvalue weighted by molar-refractivity contribution is 6.14. The fourth-order valence-corrected chi connectivity index (χ4v) is 5.70. The van der Waals surface area contributed by atoms with E-state index in [4.69, 9.17) is 5.73 Å². The van der Waals surface area contributed by atoms with Crippen molar-refractivity contribution in [1.82, 2.24) is 20.0 Å². The third-order valence-electron chi connectivity index (χ3n) is 7.27. The average molecular weight is 495 g/mol. The van der Waals surface area contributed by atoms with Gasteiger partial charge in [-0.25, -0.2) is 9.49 Å². The Balaban J connectivity index is 0.00000253. The molecule has 2 aromatic heterocycles. The number of amides is 1. The van der Waals surface area contributed by atoms with E-state index in [0.29, 0.717) is 51.9 Å². The number of nitrogens with two attached hydrogens (primary N) is 1. The third kappa shape index (κ3) is 3.15. The quantitative estimate of drug-likeness (QED) is 0.449. The summed E-state index contributed by atoms with van der Waals surface area (Å²) in [5, 5.41) is 12.1. The number of halogens is 2. The standard InChI is InChI=1S/C25H23FN6O2.ClH/c1-31-23(32-20-6-4-5-18(26)21(20)25(24(32)34)9-2-3-10-25)17(13-28-31)14-7-8-15-16(11-14)19(12-27)29-30-22(15)33;/h4-8,11,13H,2-3,9-10,12,27H2,1H3,(H,30,33);1H. The fraction of sp³-hybridized carbons (Fsp3) is 0.280. The van der Waals surface area contributed by atoms with Crippen LogP contribution in [0, 0.1) is 5.82 Å². The third-order valence-corrected chi connectivity index (χ3v) is 7.27. The van der Waals surface area contributed by atoms with E-state index in [1.807, 2.05) is 12.1 Å². The van der Waals surface area contributed by atoms with Crippen molar-refractivity contribution < 1.29 is 9.18 Å². The first-order chi connectivity index (χ1) is 16.5. The molecule has 1 aliphatic carbocycles. The van der Waals surface area contributed by atoms with Crippen LogP contribution in [0.3, 0.4) is 0 Å². The van der Waals surface area contributed by atoms with Crippen LogP contribution in [0.4, 0.5) is 15.9 Å². The summed E-state index contributed by atoms with van der Waals surface area (Å²) in [6.07, 6.45) is 4.73. The Morgan fingerprint density at radius 1 is 1.14 bits per heavy atom. The van der Waals surface area contributed by atoms with Crippen LogP contribution < -0.4 is 16.2 Å². The van der Waals surface area contributed by atoms with Crippen LogP contribution in [0.2, 0.25) is 0 Å². The van der Waals surface area contributed by atoms with Gasteiger partial charge in [0.25, 0.3) is 5.56 Å². The molecule has 3 N–H and O–H groups in total. The summed E-state index contributed by atoms with van der Waals surface area (Å²) in [5.41, 5.74) is 7.80. The molecule has 1 fully saturated rings. The summed E-state index contributed by atoms with van der Waals surface area (Å²) in [5.74, 6) is 0.103. The maximum Gasteiger partial charge on any atom is 0.272 e. The van der Waals surface area contributed by atoms with Gasteiger partial charge in [0.15, 0.2) is 0 Å². The van der Waals surface area contributed by atoms with E-state index in [9.17, 15) is 9.59 Å². The molecule has 0 bridgehead atoms. The van der Waals surface area contributed by atoms with E-state index in [2.05, 4.69) is 15.3 Å². The van der Waals surface area contributed by atoms with Crippen LogP contribution in [0.25, 0.3) is 21.9 Å². The van der Waals surface area contributed by atoms with Crippen molar-refractivity contribution in [2.75, 3.05) is 4.90 Å². The summed E-state index contributed by atoms with van der Waals surface area (Å²) >= 11 is 0. The number of nitrogens with one attached hydrogen (secondary N) is 1. The minimum absolute atomic E-state index is 0. The predicted octanol–water partition coefficient (Wildman–Crippen LogP) is 3.83. The topological polar surface area (TPSA) is 110 Å². The van der Waals surface area contributed by atoms with E-state index in [1.54, 1.807) is 41.0 Å². The van der Waals surface area contributed by atoms with Crippen LogP contribution >= 0.6 is 12.4 Å². The number of benzene rings is 2. The molecule has 180 valence electrons. The molecule has 1 spiro atoms. The molecule has 4 aromatic rings. The van der Waals surface area contributed by atoms with E-state index in [1.165, 1.54) is 6.07 Å². The van der Waals surface area contributed by atoms with Gasteiger partial charge in [0.2, 0.25) is 5.91 Å². The molecular formula is C25H24ClFN6O2. The van der Waals surface area contributed by atoms with Crippen molar-refractivity contribution >= 4 is 40.6 Å². The second-order valence-electron chi connectivity index (χ2n) is 9.03. The van der Waals surface area contributed by atoms with Crippen LogP contribution in [0.5, 0.6) is 0 Å². The number of carbonyl (C=O) groups excluding carboxylic acids is 1. The highest BCUT2D eigenvalue weighted by Gasteiger charge is 2.55. The van der Waals surface area contributed by atoms with Gasteiger partial charge in [-0.1, -0.05) is 25.0 Å². The zero-order valence-corrected chi connectivity index (χ0v) is 19.9. The van der Waals surface area contributed by atoms with E-state index < -0.39 is 5.41 Å². The Bertz CT molecular complexity index is 1540. The zero-order valence-electron chi connectivity index (χ0n) is 19.0. The molecule has 6 rings (SSSR count). The summed E-state index contributed by atoms with van der Waals surface area (Å²) in [6, 6.07) is 10.3. The second kappa shape index (κ2) is 8.28. The maximum absolute atomic E-state index is 15.1. The van der Waals surface area contributed by atoms with Gasteiger partial charge in [0.05, 0.1) is 28.4 Å². The van der Waals surface area contributed by atoms with Gasteiger partial charge >= 0.3 is 0 Å². The number of hydrogen-bond acceptors (Lipinski definition) is 5. The average Bonchev–Trinajstić information content (AvgIpc) is 3.53. The number of aromatic amines is 1. The lowest BCUT2D eigenvalue weighted by Crippen LogP contribution is -2.37. The molecule has 1 saturated carbocycles. The predicted molar refractivity (Wildman–Crippen MR) is 133 cm³/mol. The van der Waals surface area contributed by atoms with Crippen LogP contribution in [0.15, 0.2) is 47.4 Å². The number of aryl methyl sites for hydroxylation is 1. The number of fused-ring (bicyclic) bond motifs is 3. The highest BCUT2D eigenvalue weighted by atomic mass is 35.5. The fourth-order valence-electron chi connectivity index (χ4n) is 5.70. The molecule has 0 unspecified atom stereocenters. The Kier molecular flexibility index (Phi) is 5.49. The van der Waals surface area contributed by atoms with Crippen LogP contribution in [-0.4, -0.2) is 25.9 Å². The van der Waals surface area contributed by atoms with Crippen molar-refractivity contribution in [3.63, 3.8) is 0 Å². The normalized spacial score (nSPS) is 16.2. The summed E-state index contributed by atoms with van der Waals surface area (Å²) in [6.45, 7) is 0.163. The number of hydrogen-bond donors (Lipinski definition) is 2. The molecule has 0 atom stereocenters. The Morgan fingerprint density at radius 2 is 1.91 bits per heavy atom. The molecule has 8 nitrogen and oxygen atoms in total. The van der Waals surface area contributed by atoms with Gasteiger partial charge in [-0.3, -0.25) is 19.2 Å². The molecule has 10 heteroatoms. The summed E-state index contributed by atoms with van der Waals surface area (Å²) in [4.78, 5) is 27.9. The number of aromatic nitrogens is 4. The maximum atomic E-state index is 15.1. The minimum Gasteiger partial charge on any atom is -0.325 e. The number of anilines is 2. The van der Waals surface area contributed by atoms with Crippen LogP contribution in [0.1, 0.15) is 36.9 Å². The number of H-pyrrole nitrogens is 1. The van der Waals surface area contributed by atoms with Gasteiger partial charge in [-0.2, -0.15) is 10.2 Å². The lowest BCUT2D eigenvalue weighted by molar-refractivity contribution is -0.122. The molecule has 1 amide bonds. The number of carbonyl (C=O) groups is 1. The molecule has 0 radical (unpaired) electrons. The smallest absolute Gasteiger partial charge is 0.272 e. The second-order valence-corrected chi connectivity index (χ2v) is 9.03. The van der Waals surface area contributed by atoms with Crippen molar-refractivity contribution in [3.8, 4) is 11.1 Å². The van der Waals surface area contributed by atoms with Gasteiger partial charge < -0.3 is 5.73 Å². The Labute approximate surface area is 206 Å². The van der Waals surface area contributed by atoms with Crippen molar-refractivity contribution in [2.45, 2.75) is 37.6 Å². The van der Waals surface area contributed by atoms with Crippen molar-refractivity contribution in [3.05, 3.63) is 70.0 Å². The first-order valence-corrected chi connectivity index (χ1v) is 11.3. The number of nitrogens with zero attached hydrogens (tertiary/aromatic N) is 4. The first kappa shape index (κ1) is 23.2. The first-order valence-electron chi connectivity index (χ1n) is 11.3. The van der Waals surface area contributed by atoms with E-state index >= 15 is 4.39 Å². The van der Waals surface area contributed by atoms with Crippen LogP contribution in [-0.2, 0) is 23.8 Å². The highest BCUT2D eigenvalue weighted by Crippen LogP contribution is 2.55. The monoisotopic (exact) mass is 494 g/mol. The molecule has 0 saturated heterocycles. The Morgan fingerprint density at radius 3 is 2.66 bits per heavy atom. The Hall–Kier alpha value is -3.56. The summed E-state index contributed by atoms with van der Waals surface area (Å²) < 4.78 is 16.8. The number of rotatable bonds is 3. The van der Waals surface area contributed by atoms with Gasteiger partial charge in [0, 0.05) is 30.1 Å². The zero-order chi connectivity index (χ0) is 23.6. The van der Waals surface area contributed by atoms with Gasteiger partial charge in [-0.15, -0.1) is 12.4 Å². The largest absolute Gasteiger partial charge is 0.325 e. The van der Waals surface area contributed by atoms with E-state index in [0.717, 1.165) is 18.4 Å². The van der Waals surface area contributed by atoms with Crippen molar-refractivity contribution in [2.24, 2.45) is 12.8 Å². The lowest BCUT2D eigenvalue weighted by atomic mass is 9.80. The minimum atomic E-state index is -0.838. The summed E-state index contributed by atoms with van der Waals surface area (Å²) in [7, 11) is 1.77. The van der Waals surface area contributed by atoms with Gasteiger partial charge in [-0.05, 0) is 42.7 Å². The lowest BCUT2D eigenvalue weighted by Gasteiger charge is -2.24. The molecular weight excluding hydrogens is 471 g/mol. The SMILES string of the molecule is Cl.Cn1ncc(-c2ccc3c(=O)[nH]nc(CN)c3c2)c1N1C(=O)C2(CCCC2)c2c(F)cccc21. The molecule has 3 heterocycles. The van der Waals surface area contributed by atoms with Gasteiger partial charge in [0.1, 0.15) is 11.6 Å².